The summed E-state index contributed by atoms with van der Waals surface area (Å²) in [6.07, 6.45) is 1.57. The molecule has 6 nitrogen and oxygen atoms in total. The van der Waals surface area contributed by atoms with Crippen molar-refractivity contribution in [3.63, 3.8) is 0 Å². The highest BCUT2D eigenvalue weighted by atomic mass is 32.2. The molecule has 1 atom stereocenters. The average Bonchev–Trinajstić information content (AvgIpc) is 3.38. The van der Waals surface area contributed by atoms with Crippen LogP contribution >= 0.6 is 11.8 Å². The predicted octanol–water partition coefficient (Wildman–Crippen LogP) is 5.16. The Bertz CT molecular complexity index is 1060. The fraction of sp³-hybridized carbons (Fsp3) is 0.278. The van der Waals surface area contributed by atoms with Gasteiger partial charge in [0.1, 0.15) is 5.82 Å². The minimum Gasteiger partial charge on any atom is -0.461 e. The highest BCUT2D eigenvalue weighted by Crippen LogP contribution is 2.38. The van der Waals surface area contributed by atoms with E-state index in [0.717, 1.165) is 4.57 Å². The molecule has 0 bridgehead atoms. The molecule has 3 aromatic heterocycles. The Morgan fingerprint density at radius 2 is 1.96 bits per heavy atom. The summed E-state index contributed by atoms with van der Waals surface area (Å²) in [6, 6.07) is 10.5. The predicted molar refractivity (Wildman–Crippen MR) is 98.7 cm³/mol. The van der Waals surface area contributed by atoms with Gasteiger partial charge in [-0.3, -0.25) is 9.13 Å². The minimum absolute atomic E-state index is 0.307. The van der Waals surface area contributed by atoms with Crippen LogP contribution in [0.5, 0.6) is 0 Å². The van der Waals surface area contributed by atoms with Crippen LogP contribution in [0.15, 0.2) is 52.2 Å². The van der Waals surface area contributed by atoms with Gasteiger partial charge in [0.05, 0.1) is 22.5 Å². The number of rotatable bonds is 6. The van der Waals surface area contributed by atoms with Crippen LogP contribution in [0.3, 0.4) is 0 Å². The quantitative estimate of drug-likeness (QED) is 0.427. The molecule has 0 saturated carbocycles. The van der Waals surface area contributed by atoms with Crippen molar-refractivity contribution < 1.29 is 13.2 Å². The van der Waals surface area contributed by atoms with Crippen LogP contribution in [0, 0.1) is 0 Å². The van der Waals surface area contributed by atoms with E-state index in [1.807, 2.05) is 24.5 Å². The summed E-state index contributed by atoms with van der Waals surface area (Å²) >= 11 is 1.34. The van der Waals surface area contributed by atoms with Crippen molar-refractivity contribution in [2.24, 2.45) is 0 Å². The second-order valence-electron chi connectivity index (χ2n) is 5.89. The van der Waals surface area contributed by atoms with Gasteiger partial charge in [-0.05, 0) is 38.1 Å². The Balaban J connectivity index is 1.70. The second kappa shape index (κ2) is 7.15. The molecule has 4 aromatic rings. The van der Waals surface area contributed by atoms with Crippen LogP contribution < -0.4 is 0 Å². The maximum Gasteiger partial charge on any atom is 0.320 e. The molecule has 0 aliphatic carbocycles. The van der Waals surface area contributed by atoms with Gasteiger partial charge >= 0.3 is 6.55 Å². The highest BCUT2D eigenvalue weighted by Gasteiger charge is 2.25. The summed E-state index contributed by atoms with van der Waals surface area (Å²) in [5.41, 5.74) is 0.969. The van der Waals surface area contributed by atoms with Crippen LogP contribution in [0.4, 0.5) is 8.78 Å². The van der Waals surface area contributed by atoms with Crippen molar-refractivity contribution >= 4 is 22.8 Å². The first-order valence-corrected chi connectivity index (χ1v) is 9.36. The average molecular weight is 389 g/mol. The molecule has 0 aliphatic heterocycles. The van der Waals surface area contributed by atoms with Crippen molar-refractivity contribution in [3.05, 3.63) is 48.5 Å². The summed E-state index contributed by atoms with van der Waals surface area (Å²) in [6.45, 7) is 1.77. The molecule has 27 heavy (non-hydrogen) atoms. The zero-order chi connectivity index (χ0) is 19.0. The van der Waals surface area contributed by atoms with Gasteiger partial charge in [-0.15, -0.1) is 10.2 Å². The van der Waals surface area contributed by atoms with E-state index < -0.39 is 6.55 Å². The fourth-order valence-corrected chi connectivity index (χ4v) is 4.03. The molecule has 4 rings (SSSR count). The first kappa shape index (κ1) is 17.7. The topological polar surface area (TPSA) is 61.7 Å². The van der Waals surface area contributed by atoms with Gasteiger partial charge in [0, 0.05) is 6.54 Å². The van der Waals surface area contributed by atoms with Gasteiger partial charge in [0.25, 0.3) is 0 Å². The molecule has 3 heterocycles. The molecular weight excluding hydrogens is 372 g/mol. The van der Waals surface area contributed by atoms with E-state index in [-0.39, 0.29) is 5.25 Å². The van der Waals surface area contributed by atoms with Gasteiger partial charge in [-0.1, -0.05) is 23.9 Å². The lowest BCUT2D eigenvalue weighted by molar-refractivity contribution is 0.0715. The molecule has 0 radical (unpaired) electrons. The number of nitrogens with zero attached hydrogens (tertiary/aromatic N) is 5. The van der Waals surface area contributed by atoms with Crippen LogP contribution in [0.1, 0.15) is 31.5 Å². The molecule has 0 fully saturated rings. The lowest BCUT2D eigenvalue weighted by Gasteiger charge is -2.14. The number of halogens is 2. The lowest BCUT2D eigenvalue weighted by Crippen LogP contribution is -2.07. The zero-order valence-corrected chi connectivity index (χ0v) is 15.5. The Hall–Kier alpha value is -2.68. The second-order valence-corrected chi connectivity index (χ2v) is 7.20. The van der Waals surface area contributed by atoms with E-state index in [2.05, 4.69) is 15.2 Å². The third kappa shape index (κ3) is 3.12. The van der Waals surface area contributed by atoms with Gasteiger partial charge in [-0.25, -0.2) is 4.98 Å². The molecule has 0 saturated heterocycles. The van der Waals surface area contributed by atoms with Gasteiger partial charge in [-0.2, -0.15) is 8.78 Å². The van der Waals surface area contributed by atoms with Crippen LogP contribution in [-0.4, -0.2) is 24.3 Å². The first-order valence-electron chi connectivity index (χ1n) is 8.49. The Morgan fingerprint density at radius 1 is 1.15 bits per heavy atom. The number of hydrogen-bond acceptors (Lipinski definition) is 5. The Morgan fingerprint density at radius 3 is 2.67 bits per heavy atom. The summed E-state index contributed by atoms with van der Waals surface area (Å²) in [7, 11) is 0. The van der Waals surface area contributed by atoms with Crippen LogP contribution in [-0.2, 0) is 6.54 Å². The summed E-state index contributed by atoms with van der Waals surface area (Å²) in [4.78, 5) is 4.43. The summed E-state index contributed by atoms with van der Waals surface area (Å²) in [5, 5.41) is 8.71. The number of thioether (sulfide) groups is 1. The maximum absolute atomic E-state index is 13.7. The smallest absolute Gasteiger partial charge is 0.320 e. The van der Waals surface area contributed by atoms with E-state index >= 15 is 0 Å². The molecule has 1 unspecified atom stereocenters. The minimum atomic E-state index is -2.67. The Labute approximate surface area is 158 Å². The largest absolute Gasteiger partial charge is 0.461 e. The van der Waals surface area contributed by atoms with Gasteiger partial charge < -0.3 is 4.42 Å². The molecule has 140 valence electrons. The number of para-hydroxylation sites is 2. The van der Waals surface area contributed by atoms with Crippen LogP contribution in [0.2, 0.25) is 0 Å². The molecule has 0 aliphatic rings. The van der Waals surface area contributed by atoms with Crippen molar-refractivity contribution in [1.82, 2.24) is 24.3 Å². The number of hydrogen-bond donors (Lipinski definition) is 0. The number of furan rings is 1. The number of alkyl halides is 2. The van der Waals surface area contributed by atoms with Crippen molar-refractivity contribution in [3.8, 4) is 11.6 Å². The maximum atomic E-state index is 13.7. The van der Waals surface area contributed by atoms with Crippen molar-refractivity contribution in [2.45, 2.75) is 37.3 Å². The Kier molecular flexibility index (Phi) is 4.69. The third-order valence-electron chi connectivity index (χ3n) is 4.24. The zero-order valence-electron chi connectivity index (χ0n) is 14.7. The molecular formula is C18H17F2N5OS. The lowest BCUT2D eigenvalue weighted by atomic mass is 10.3. The normalized spacial score (nSPS) is 12.9. The van der Waals surface area contributed by atoms with Crippen molar-refractivity contribution in [1.29, 1.82) is 0 Å². The van der Waals surface area contributed by atoms with E-state index in [1.165, 1.54) is 11.8 Å². The molecule has 0 N–H and O–H groups in total. The number of aromatic nitrogens is 5. The monoisotopic (exact) mass is 389 g/mol. The molecule has 9 heteroatoms. The van der Waals surface area contributed by atoms with Crippen LogP contribution in [0.25, 0.3) is 22.6 Å². The van der Waals surface area contributed by atoms with Crippen molar-refractivity contribution in [2.75, 3.05) is 0 Å². The summed E-state index contributed by atoms with van der Waals surface area (Å²) in [5.74, 6) is 1.53. The SMILES string of the molecule is CCn1c(SC(C)c2nc3ccccc3n2C(F)F)nnc1-c1ccco1. The number of fused-ring (bicyclic) bond motifs is 1. The summed E-state index contributed by atoms with van der Waals surface area (Å²) < 4.78 is 35.7. The van der Waals surface area contributed by atoms with E-state index in [9.17, 15) is 8.78 Å². The van der Waals surface area contributed by atoms with Gasteiger partial charge in [0.15, 0.2) is 16.7 Å². The number of imidazole rings is 1. The fourth-order valence-electron chi connectivity index (χ4n) is 3.01. The molecule has 1 aromatic carbocycles. The van der Waals surface area contributed by atoms with E-state index in [0.29, 0.717) is 40.1 Å². The van der Waals surface area contributed by atoms with E-state index in [1.54, 1.807) is 36.6 Å². The molecule has 0 spiro atoms. The first-order chi connectivity index (χ1) is 13.1. The standard InChI is InChI=1S/C18H17F2N5OS/c1-3-24-16(14-9-6-10-26-14)22-23-18(24)27-11(2)15-21-12-7-4-5-8-13(12)25(15)17(19)20/h4-11,17H,3H2,1-2H3. The third-order valence-corrected chi connectivity index (χ3v) is 5.32. The van der Waals surface area contributed by atoms with Gasteiger partial charge in [0.2, 0.25) is 0 Å². The number of benzene rings is 1. The van der Waals surface area contributed by atoms with E-state index in [4.69, 9.17) is 4.42 Å². The molecule has 0 amide bonds. The highest BCUT2D eigenvalue weighted by molar-refractivity contribution is 7.99.